The number of hydrogen-bond donors (Lipinski definition) is 1. The maximum absolute atomic E-state index is 12.8. The third-order valence-electron chi connectivity index (χ3n) is 3.67. The number of rotatable bonds is 2. The monoisotopic (exact) mass is 417 g/mol. The molecule has 0 saturated carbocycles. The third kappa shape index (κ3) is 3.50. The minimum absolute atomic E-state index is 0.174. The summed E-state index contributed by atoms with van der Waals surface area (Å²) in [4.78, 5) is 31.5. The fraction of sp³-hybridized carbons (Fsp3) is 0.533. The molecule has 22 heavy (non-hydrogen) atoms. The molecule has 1 aliphatic heterocycles. The maximum Gasteiger partial charge on any atom is 0.408 e. The largest absolute Gasteiger partial charge is 0.465 e. The number of carboxylic acid groups (broad SMARTS) is 1. The summed E-state index contributed by atoms with van der Waals surface area (Å²) in [6.07, 6.45) is 1.91. The van der Waals surface area contributed by atoms with Gasteiger partial charge in [0.15, 0.2) is 0 Å². The molecule has 1 aromatic heterocycles. The van der Waals surface area contributed by atoms with Crippen LogP contribution in [0.4, 0.5) is 10.5 Å². The van der Waals surface area contributed by atoms with E-state index in [0.717, 1.165) is 15.8 Å². The van der Waals surface area contributed by atoms with Crippen molar-refractivity contribution in [3.63, 3.8) is 0 Å². The van der Waals surface area contributed by atoms with Gasteiger partial charge in [-0.25, -0.2) is 9.78 Å². The Morgan fingerprint density at radius 3 is 2.64 bits per heavy atom. The molecule has 1 N–H and O–H groups in total. The van der Waals surface area contributed by atoms with Crippen molar-refractivity contribution in [2.24, 2.45) is 0 Å². The zero-order valence-corrected chi connectivity index (χ0v) is 15.1. The van der Waals surface area contributed by atoms with Crippen LogP contribution in [0.2, 0.25) is 0 Å². The predicted octanol–water partition coefficient (Wildman–Crippen LogP) is 2.96. The van der Waals surface area contributed by atoms with E-state index >= 15 is 0 Å². The number of aromatic nitrogens is 1. The normalized spacial score (nSPS) is 19.2. The Balaban J connectivity index is 2.29. The van der Waals surface area contributed by atoms with E-state index in [1.54, 1.807) is 31.9 Å². The number of piperidine rings is 1. The SMILES string of the molecule is CC(C)(C)N(C(=O)O)[C@@H]1CCCN(c2ccc(I)nc2)C1=O. The second-order valence-corrected chi connectivity index (χ2v) is 7.42. The van der Waals surface area contributed by atoms with E-state index in [4.69, 9.17) is 0 Å². The average molecular weight is 417 g/mol. The molecule has 2 heterocycles. The number of carbonyl (C=O) groups is 2. The predicted molar refractivity (Wildman–Crippen MR) is 91.9 cm³/mol. The Morgan fingerprint density at radius 1 is 1.45 bits per heavy atom. The lowest BCUT2D eigenvalue weighted by Gasteiger charge is -2.43. The lowest BCUT2D eigenvalue weighted by Crippen LogP contribution is -2.59. The Bertz CT molecular complexity index is 568. The van der Waals surface area contributed by atoms with E-state index in [-0.39, 0.29) is 5.91 Å². The van der Waals surface area contributed by atoms with Gasteiger partial charge in [-0.1, -0.05) is 0 Å². The van der Waals surface area contributed by atoms with Crippen LogP contribution in [-0.2, 0) is 4.79 Å². The molecular weight excluding hydrogens is 397 g/mol. The van der Waals surface area contributed by atoms with Crippen LogP contribution in [0, 0.1) is 3.70 Å². The molecule has 2 rings (SSSR count). The molecule has 1 saturated heterocycles. The standard InChI is InChI=1S/C15H20IN3O3/c1-15(2,3)19(14(21)22)11-5-4-8-18(13(11)20)10-6-7-12(16)17-9-10/h6-7,9,11H,4-5,8H2,1-3H3,(H,21,22)/t11-/m1/s1. The second-order valence-electron chi connectivity index (χ2n) is 6.31. The Hall–Kier alpha value is -1.38. The Morgan fingerprint density at radius 2 is 2.14 bits per heavy atom. The minimum atomic E-state index is -1.06. The zero-order chi connectivity index (χ0) is 16.5. The fourth-order valence-electron chi connectivity index (χ4n) is 2.77. The van der Waals surface area contributed by atoms with Gasteiger partial charge in [0.1, 0.15) is 9.74 Å². The number of halogens is 1. The highest BCUT2D eigenvalue weighted by atomic mass is 127. The molecule has 1 fully saturated rings. The van der Waals surface area contributed by atoms with Gasteiger partial charge in [0.05, 0.1) is 11.9 Å². The Labute approximate surface area is 143 Å². The Kier molecular flexibility index (Phi) is 4.93. The van der Waals surface area contributed by atoms with Gasteiger partial charge < -0.3 is 10.0 Å². The van der Waals surface area contributed by atoms with Crippen molar-refractivity contribution in [3.8, 4) is 0 Å². The summed E-state index contributed by atoms with van der Waals surface area (Å²) < 4.78 is 0.851. The van der Waals surface area contributed by atoms with Crippen LogP contribution in [0.15, 0.2) is 18.3 Å². The van der Waals surface area contributed by atoms with Gasteiger partial charge >= 0.3 is 6.09 Å². The summed E-state index contributed by atoms with van der Waals surface area (Å²) in [5, 5.41) is 9.51. The van der Waals surface area contributed by atoms with Crippen molar-refractivity contribution in [1.29, 1.82) is 0 Å². The first-order valence-electron chi connectivity index (χ1n) is 7.17. The van der Waals surface area contributed by atoms with E-state index in [2.05, 4.69) is 27.6 Å². The highest BCUT2D eigenvalue weighted by molar-refractivity contribution is 14.1. The summed E-state index contributed by atoms with van der Waals surface area (Å²) in [6.45, 7) is 6.01. The van der Waals surface area contributed by atoms with Gasteiger partial charge in [0.25, 0.3) is 0 Å². The lowest BCUT2D eigenvalue weighted by atomic mass is 9.96. The van der Waals surface area contributed by atoms with Crippen LogP contribution in [0.5, 0.6) is 0 Å². The van der Waals surface area contributed by atoms with Crippen molar-refractivity contribution >= 4 is 40.3 Å². The molecule has 2 amide bonds. The molecule has 0 aliphatic carbocycles. The summed E-state index contributed by atoms with van der Waals surface area (Å²) in [5.41, 5.74) is 0.0915. The lowest BCUT2D eigenvalue weighted by molar-refractivity contribution is -0.126. The third-order valence-corrected chi connectivity index (χ3v) is 4.31. The quantitative estimate of drug-likeness (QED) is 0.593. The van der Waals surface area contributed by atoms with Crippen LogP contribution < -0.4 is 4.90 Å². The summed E-state index contributed by atoms with van der Waals surface area (Å²) in [6, 6.07) is 3.04. The van der Waals surface area contributed by atoms with Gasteiger partial charge in [-0.15, -0.1) is 0 Å². The van der Waals surface area contributed by atoms with E-state index in [0.29, 0.717) is 13.0 Å². The van der Waals surface area contributed by atoms with Gasteiger partial charge in [-0.2, -0.15) is 0 Å². The fourth-order valence-corrected chi connectivity index (χ4v) is 3.09. The summed E-state index contributed by atoms with van der Waals surface area (Å²) in [7, 11) is 0. The van der Waals surface area contributed by atoms with Crippen molar-refractivity contribution in [3.05, 3.63) is 22.0 Å². The molecule has 0 unspecified atom stereocenters. The summed E-state index contributed by atoms with van der Waals surface area (Å²) >= 11 is 2.11. The molecule has 0 radical (unpaired) electrons. The van der Waals surface area contributed by atoms with Gasteiger partial charge in [-0.3, -0.25) is 9.69 Å². The average Bonchev–Trinajstić information content (AvgIpc) is 2.40. The number of pyridine rings is 1. The molecule has 6 nitrogen and oxygen atoms in total. The minimum Gasteiger partial charge on any atom is -0.465 e. The molecule has 0 spiro atoms. The number of nitrogens with zero attached hydrogens (tertiary/aromatic N) is 3. The van der Waals surface area contributed by atoms with Crippen LogP contribution in [-0.4, -0.2) is 45.1 Å². The molecular formula is C15H20IN3O3. The number of hydrogen-bond acceptors (Lipinski definition) is 3. The number of anilines is 1. The molecule has 1 aromatic rings. The molecule has 120 valence electrons. The van der Waals surface area contributed by atoms with Gasteiger partial charge in [-0.05, 0) is 68.3 Å². The van der Waals surface area contributed by atoms with E-state index in [1.165, 1.54) is 4.90 Å². The number of amides is 2. The van der Waals surface area contributed by atoms with E-state index in [1.807, 2.05) is 12.1 Å². The van der Waals surface area contributed by atoms with Crippen molar-refractivity contribution < 1.29 is 14.7 Å². The van der Waals surface area contributed by atoms with Crippen molar-refractivity contribution in [2.45, 2.75) is 45.2 Å². The second kappa shape index (κ2) is 6.39. The molecule has 7 heteroatoms. The molecule has 1 aliphatic rings. The van der Waals surface area contributed by atoms with Gasteiger partial charge in [0.2, 0.25) is 5.91 Å². The molecule has 0 aromatic carbocycles. The highest BCUT2D eigenvalue weighted by Gasteiger charge is 2.41. The molecule has 0 bridgehead atoms. The summed E-state index contributed by atoms with van der Waals surface area (Å²) in [5.74, 6) is -0.174. The van der Waals surface area contributed by atoms with E-state index in [9.17, 15) is 14.7 Å². The van der Waals surface area contributed by atoms with Crippen LogP contribution in [0.3, 0.4) is 0 Å². The van der Waals surface area contributed by atoms with E-state index < -0.39 is 17.7 Å². The zero-order valence-electron chi connectivity index (χ0n) is 12.9. The van der Waals surface area contributed by atoms with Gasteiger partial charge in [0, 0.05) is 12.1 Å². The first kappa shape index (κ1) is 17.0. The van der Waals surface area contributed by atoms with Crippen LogP contribution >= 0.6 is 22.6 Å². The highest BCUT2D eigenvalue weighted by Crippen LogP contribution is 2.28. The number of carbonyl (C=O) groups excluding carboxylic acids is 1. The smallest absolute Gasteiger partial charge is 0.408 e. The topological polar surface area (TPSA) is 73.7 Å². The van der Waals surface area contributed by atoms with Crippen molar-refractivity contribution in [2.75, 3.05) is 11.4 Å². The maximum atomic E-state index is 12.8. The molecule has 1 atom stereocenters. The van der Waals surface area contributed by atoms with Crippen LogP contribution in [0.25, 0.3) is 0 Å². The van der Waals surface area contributed by atoms with Crippen molar-refractivity contribution in [1.82, 2.24) is 9.88 Å². The van der Waals surface area contributed by atoms with Crippen LogP contribution in [0.1, 0.15) is 33.6 Å². The first-order valence-corrected chi connectivity index (χ1v) is 8.25. The first-order chi connectivity index (χ1) is 10.2.